The zero-order valence-electron chi connectivity index (χ0n) is 17.0. The van der Waals surface area contributed by atoms with Gasteiger partial charge in [0, 0.05) is 12.8 Å². The van der Waals surface area contributed by atoms with Gasteiger partial charge in [-0.05, 0) is 30.5 Å². The quantitative estimate of drug-likeness (QED) is 0.329. The molecular weight excluding hydrogens is 368 g/mol. The van der Waals surface area contributed by atoms with Crippen molar-refractivity contribution in [3.63, 3.8) is 0 Å². The van der Waals surface area contributed by atoms with Gasteiger partial charge in [-0.3, -0.25) is 4.79 Å². The van der Waals surface area contributed by atoms with Gasteiger partial charge in [-0.15, -0.1) is 0 Å². The summed E-state index contributed by atoms with van der Waals surface area (Å²) < 4.78 is 5.61. The number of ether oxygens (including phenoxy) is 1. The van der Waals surface area contributed by atoms with Crippen LogP contribution in [0.1, 0.15) is 31.7 Å². The zero-order chi connectivity index (χ0) is 21.3. The van der Waals surface area contributed by atoms with Gasteiger partial charge in [0.15, 0.2) is 5.78 Å². The van der Waals surface area contributed by atoms with Crippen molar-refractivity contribution in [3.8, 4) is 5.75 Å². The maximum atomic E-state index is 11.3. The average Bonchev–Trinajstić information content (AvgIpc) is 2.71. The summed E-state index contributed by atoms with van der Waals surface area (Å²) >= 11 is 0. The van der Waals surface area contributed by atoms with Crippen molar-refractivity contribution in [1.82, 2.24) is 0 Å². The number of allylic oxidation sites excluding steroid dienone is 5. The first-order chi connectivity index (χ1) is 14.0. The van der Waals surface area contributed by atoms with Crippen molar-refractivity contribution in [2.45, 2.75) is 44.8 Å². The largest absolute Gasteiger partial charge is 0.493 e. The van der Waals surface area contributed by atoms with Crippen molar-refractivity contribution in [3.05, 3.63) is 78.4 Å². The van der Waals surface area contributed by atoms with Gasteiger partial charge in [0.25, 0.3) is 0 Å². The number of Topliss-reactive ketones (excluding diaryl/α,β-unsaturated/α-hetero) is 1. The van der Waals surface area contributed by atoms with E-state index in [4.69, 9.17) is 9.84 Å². The average molecular weight is 401 g/mol. The van der Waals surface area contributed by atoms with Crippen LogP contribution in [0.4, 0.5) is 0 Å². The van der Waals surface area contributed by atoms with Crippen molar-refractivity contribution in [2.24, 2.45) is 0 Å². The molecule has 0 unspecified atom stereocenters. The predicted molar refractivity (Wildman–Crippen MR) is 116 cm³/mol. The zero-order valence-corrected chi connectivity index (χ0v) is 17.0. The minimum atomic E-state index is -0.632. The molecule has 5 nitrogen and oxygen atoms in total. The van der Waals surface area contributed by atoms with Crippen LogP contribution in [0.5, 0.6) is 5.75 Å². The minimum Gasteiger partial charge on any atom is -0.493 e. The lowest BCUT2D eigenvalue weighted by Crippen LogP contribution is -2.10. The Morgan fingerprint density at radius 1 is 1.07 bits per heavy atom. The minimum absolute atomic E-state index is 0.173. The van der Waals surface area contributed by atoms with E-state index in [0.717, 1.165) is 12.0 Å². The second-order valence-electron chi connectivity index (χ2n) is 6.56. The third-order valence-electron chi connectivity index (χ3n) is 3.94. The SMILES string of the molecule is CC/C=C\C[C@H](O)/C=C/C=C\C=C\[C@@H](O)CCOc1cccc(CC(=O)CO)c1. The molecule has 0 aliphatic rings. The molecule has 5 heteroatoms. The first-order valence-electron chi connectivity index (χ1n) is 9.92. The Labute approximate surface area is 173 Å². The summed E-state index contributed by atoms with van der Waals surface area (Å²) in [5, 5.41) is 28.5. The van der Waals surface area contributed by atoms with Crippen molar-refractivity contribution in [1.29, 1.82) is 0 Å². The van der Waals surface area contributed by atoms with Gasteiger partial charge in [-0.25, -0.2) is 0 Å². The summed E-state index contributed by atoms with van der Waals surface area (Å²) in [5.41, 5.74) is 0.784. The van der Waals surface area contributed by atoms with Crippen LogP contribution in [-0.4, -0.2) is 46.5 Å². The van der Waals surface area contributed by atoms with E-state index in [1.165, 1.54) is 0 Å². The Kier molecular flexibility index (Phi) is 13.1. The Morgan fingerprint density at radius 2 is 1.79 bits per heavy atom. The van der Waals surface area contributed by atoms with E-state index < -0.39 is 18.8 Å². The summed E-state index contributed by atoms with van der Waals surface area (Å²) in [4.78, 5) is 11.3. The summed E-state index contributed by atoms with van der Waals surface area (Å²) in [6, 6.07) is 7.15. The third-order valence-corrected chi connectivity index (χ3v) is 3.94. The summed E-state index contributed by atoms with van der Waals surface area (Å²) in [7, 11) is 0. The number of hydrogen-bond donors (Lipinski definition) is 3. The molecule has 0 heterocycles. The lowest BCUT2D eigenvalue weighted by Gasteiger charge is -2.09. The highest BCUT2D eigenvalue weighted by atomic mass is 16.5. The fourth-order valence-corrected chi connectivity index (χ4v) is 2.42. The van der Waals surface area contributed by atoms with Gasteiger partial charge in [0.2, 0.25) is 0 Å². The molecule has 2 atom stereocenters. The number of carbonyl (C=O) groups is 1. The number of carbonyl (C=O) groups excluding carboxylic acids is 1. The van der Waals surface area contributed by atoms with Crippen molar-refractivity contribution >= 4 is 5.78 Å². The Balaban J connectivity index is 2.29. The first kappa shape index (κ1) is 24.6. The molecule has 158 valence electrons. The number of rotatable bonds is 14. The van der Waals surface area contributed by atoms with E-state index in [1.807, 2.05) is 12.2 Å². The van der Waals surface area contributed by atoms with Crippen molar-refractivity contribution < 1.29 is 24.9 Å². The molecule has 0 saturated heterocycles. The Bertz CT molecular complexity index is 703. The van der Waals surface area contributed by atoms with Crippen molar-refractivity contribution in [2.75, 3.05) is 13.2 Å². The number of benzene rings is 1. The fraction of sp³-hybridized carbons (Fsp3) is 0.375. The second-order valence-corrected chi connectivity index (χ2v) is 6.56. The van der Waals surface area contributed by atoms with E-state index in [-0.39, 0.29) is 12.2 Å². The maximum absolute atomic E-state index is 11.3. The van der Waals surface area contributed by atoms with E-state index in [2.05, 4.69) is 6.92 Å². The molecule has 0 saturated carbocycles. The first-order valence-corrected chi connectivity index (χ1v) is 9.92. The topological polar surface area (TPSA) is 87.0 Å². The highest BCUT2D eigenvalue weighted by Crippen LogP contribution is 2.14. The molecule has 0 aliphatic heterocycles. The van der Waals surface area contributed by atoms with Crippen LogP contribution in [0.3, 0.4) is 0 Å². The van der Waals surface area contributed by atoms with Crippen LogP contribution in [0.2, 0.25) is 0 Å². The maximum Gasteiger partial charge on any atom is 0.162 e. The molecule has 0 aromatic heterocycles. The smallest absolute Gasteiger partial charge is 0.162 e. The van der Waals surface area contributed by atoms with E-state index >= 15 is 0 Å². The molecule has 0 aliphatic carbocycles. The van der Waals surface area contributed by atoms with E-state index in [1.54, 1.807) is 60.7 Å². The molecule has 1 aromatic carbocycles. The van der Waals surface area contributed by atoms with Crippen LogP contribution in [0.25, 0.3) is 0 Å². The summed E-state index contributed by atoms with van der Waals surface area (Å²) in [6.45, 7) is 1.92. The molecule has 29 heavy (non-hydrogen) atoms. The third kappa shape index (κ3) is 12.6. The molecule has 0 radical (unpaired) electrons. The lowest BCUT2D eigenvalue weighted by atomic mass is 10.1. The van der Waals surface area contributed by atoms with Crippen LogP contribution < -0.4 is 4.74 Å². The van der Waals surface area contributed by atoms with E-state index in [0.29, 0.717) is 25.2 Å². The van der Waals surface area contributed by atoms with Gasteiger partial charge < -0.3 is 20.1 Å². The Hall–Kier alpha value is -2.47. The highest BCUT2D eigenvalue weighted by Gasteiger charge is 2.04. The molecule has 0 bridgehead atoms. The molecule has 0 fully saturated rings. The van der Waals surface area contributed by atoms with Gasteiger partial charge in [0.1, 0.15) is 12.4 Å². The lowest BCUT2D eigenvalue weighted by molar-refractivity contribution is -0.121. The van der Waals surface area contributed by atoms with Gasteiger partial charge in [-0.1, -0.05) is 67.7 Å². The van der Waals surface area contributed by atoms with Crippen LogP contribution in [0.15, 0.2) is 72.9 Å². The second kappa shape index (κ2) is 15.5. The molecular formula is C24H32O5. The van der Waals surface area contributed by atoms with Gasteiger partial charge in [0.05, 0.1) is 18.8 Å². The van der Waals surface area contributed by atoms with Crippen LogP contribution >= 0.6 is 0 Å². The monoisotopic (exact) mass is 400 g/mol. The number of hydrogen-bond acceptors (Lipinski definition) is 5. The normalized spacial score (nSPS) is 14.3. The molecule has 1 aromatic rings. The van der Waals surface area contributed by atoms with Gasteiger partial charge >= 0.3 is 0 Å². The standard InChI is InChI=1S/C24H32O5/c1-2-3-6-11-21(26)12-7-4-5-8-13-22(27)15-16-29-24-14-9-10-20(18-24)17-23(28)19-25/h3-10,12-14,18,21-22,25-27H,2,11,15-17,19H2,1H3/b5-4-,6-3-,12-7+,13-8+/t21-,22+/m0/s1. The number of ketones is 1. The molecule has 1 rings (SSSR count). The number of aliphatic hydroxyl groups is 3. The summed E-state index contributed by atoms with van der Waals surface area (Å²) in [5.74, 6) is 0.384. The Morgan fingerprint density at radius 3 is 2.48 bits per heavy atom. The van der Waals surface area contributed by atoms with Gasteiger partial charge in [-0.2, -0.15) is 0 Å². The predicted octanol–water partition coefficient (Wildman–Crippen LogP) is 3.31. The van der Waals surface area contributed by atoms with Crippen LogP contribution in [0, 0.1) is 0 Å². The summed E-state index contributed by atoms with van der Waals surface area (Å²) in [6.07, 6.45) is 15.5. The molecule has 0 amide bonds. The molecule has 0 spiro atoms. The number of aliphatic hydroxyl groups excluding tert-OH is 3. The fourth-order valence-electron chi connectivity index (χ4n) is 2.42. The van der Waals surface area contributed by atoms with Crippen LogP contribution in [-0.2, 0) is 11.2 Å². The highest BCUT2D eigenvalue weighted by molar-refractivity contribution is 5.81. The molecule has 3 N–H and O–H groups in total. The van der Waals surface area contributed by atoms with E-state index in [9.17, 15) is 15.0 Å².